The first kappa shape index (κ1) is 20.4. The van der Waals surface area contributed by atoms with Gasteiger partial charge < -0.3 is 14.9 Å². The second-order valence-electron chi connectivity index (χ2n) is 8.55. The van der Waals surface area contributed by atoms with Crippen LogP contribution >= 0.6 is 0 Å². The summed E-state index contributed by atoms with van der Waals surface area (Å²) in [5.74, 6) is -0.291. The maximum Gasteiger partial charge on any atom is 0.254 e. The zero-order valence-electron chi connectivity index (χ0n) is 17.9. The van der Waals surface area contributed by atoms with E-state index in [-0.39, 0.29) is 43.0 Å². The number of amides is 2. The van der Waals surface area contributed by atoms with Crippen LogP contribution in [0.3, 0.4) is 0 Å². The summed E-state index contributed by atoms with van der Waals surface area (Å²) in [6, 6.07) is 19.7. The van der Waals surface area contributed by atoms with Gasteiger partial charge in [0.25, 0.3) is 5.91 Å². The van der Waals surface area contributed by atoms with E-state index in [0.717, 1.165) is 16.7 Å². The molecule has 0 radical (unpaired) electrons. The second kappa shape index (κ2) is 8.20. The van der Waals surface area contributed by atoms with Gasteiger partial charge in [0.15, 0.2) is 0 Å². The quantitative estimate of drug-likeness (QED) is 0.695. The van der Waals surface area contributed by atoms with Crippen LogP contribution in [0.2, 0.25) is 0 Å². The van der Waals surface area contributed by atoms with Gasteiger partial charge in [0.2, 0.25) is 5.91 Å². The minimum Gasteiger partial charge on any atom is -0.394 e. The molecule has 1 aromatic heterocycles. The molecular formula is C26H25N3O3. The summed E-state index contributed by atoms with van der Waals surface area (Å²) < 4.78 is 0. The van der Waals surface area contributed by atoms with Crippen molar-refractivity contribution in [3.05, 3.63) is 89.7 Å². The number of piperazine rings is 1. The summed E-state index contributed by atoms with van der Waals surface area (Å²) in [6.45, 7) is 2.46. The first-order chi connectivity index (χ1) is 15.6. The number of carbonyl (C=O) groups is 2. The molecule has 0 saturated carbocycles. The molecule has 162 valence electrons. The third kappa shape index (κ3) is 3.46. The van der Waals surface area contributed by atoms with E-state index in [2.05, 4.69) is 60.4 Å². The Morgan fingerprint density at radius 1 is 1.00 bits per heavy atom. The Morgan fingerprint density at radius 3 is 2.25 bits per heavy atom. The van der Waals surface area contributed by atoms with Gasteiger partial charge >= 0.3 is 0 Å². The van der Waals surface area contributed by atoms with E-state index in [1.807, 2.05) is 0 Å². The molecule has 1 N–H and O–H groups in total. The van der Waals surface area contributed by atoms with E-state index in [4.69, 9.17) is 0 Å². The molecule has 2 aliphatic rings. The van der Waals surface area contributed by atoms with Crippen molar-refractivity contribution in [1.29, 1.82) is 0 Å². The summed E-state index contributed by atoms with van der Waals surface area (Å²) in [5, 5.41) is 10.0. The largest absolute Gasteiger partial charge is 0.394 e. The lowest BCUT2D eigenvalue weighted by Gasteiger charge is -2.58. The van der Waals surface area contributed by atoms with Crippen LogP contribution in [-0.2, 0) is 4.79 Å². The van der Waals surface area contributed by atoms with Gasteiger partial charge in [0.1, 0.15) is 6.54 Å². The van der Waals surface area contributed by atoms with E-state index in [1.54, 1.807) is 34.3 Å². The van der Waals surface area contributed by atoms with Crippen molar-refractivity contribution in [3.63, 3.8) is 0 Å². The Bertz CT molecular complexity index is 1130. The average Bonchev–Trinajstić information content (AvgIpc) is 2.81. The topological polar surface area (TPSA) is 73.7 Å². The number of aliphatic hydroxyl groups is 1. The highest BCUT2D eigenvalue weighted by Gasteiger charge is 2.54. The van der Waals surface area contributed by atoms with Gasteiger partial charge in [-0.05, 0) is 35.7 Å². The highest BCUT2D eigenvalue weighted by atomic mass is 16.3. The van der Waals surface area contributed by atoms with Crippen LogP contribution in [0.15, 0.2) is 73.1 Å². The SMILES string of the molecule is Cc1ccc(-c2ccc([C@H]3[C@H]4CN(C(=O)c5ccncc5)CC(=O)N4[C@H]3CO)cc2)cc1. The molecule has 5 rings (SSSR count). The summed E-state index contributed by atoms with van der Waals surface area (Å²) in [5.41, 5.74) is 5.10. The molecule has 6 nitrogen and oxygen atoms in total. The molecule has 0 unspecified atom stereocenters. The van der Waals surface area contributed by atoms with Gasteiger partial charge in [-0.25, -0.2) is 0 Å². The number of benzene rings is 2. The highest BCUT2D eigenvalue weighted by Crippen LogP contribution is 2.43. The van der Waals surface area contributed by atoms with Gasteiger partial charge in [-0.1, -0.05) is 54.1 Å². The molecule has 6 heteroatoms. The maximum absolute atomic E-state index is 12.9. The fraction of sp³-hybridized carbons (Fsp3) is 0.269. The standard InChI is InChI=1S/C26H25N3O3/c1-17-2-4-18(5-3-17)19-6-8-20(9-7-19)25-22-14-28(15-24(31)29(22)23(25)16-30)26(32)21-10-12-27-13-11-21/h2-13,22-23,25,30H,14-16H2,1H3/t22-,23+,25+/m1/s1. The van der Waals surface area contributed by atoms with Crippen molar-refractivity contribution in [2.45, 2.75) is 24.9 Å². The number of nitrogens with zero attached hydrogens (tertiary/aromatic N) is 3. The Hall–Kier alpha value is -3.51. The lowest BCUT2D eigenvalue weighted by Crippen LogP contribution is -2.73. The third-order valence-electron chi connectivity index (χ3n) is 6.65. The minimum absolute atomic E-state index is 0.0101. The highest BCUT2D eigenvalue weighted by molar-refractivity contribution is 5.97. The van der Waals surface area contributed by atoms with Crippen molar-refractivity contribution in [1.82, 2.24) is 14.8 Å². The summed E-state index contributed by atoms with van der Waals surface area (Å²) in [7, 11) is 0. The summed E-state index contributed by atoms with van der Waals surface area (Å²) >= 11 is 0. The van der Waals surface area contributed by atoms with Gasteiger partial charge in [0, 0.05) is 30.4 Å². The first-order valence-corrected chi connectivity index (χ1v) is 10.8. The Balaban J connectivity index is 1.38. The van der Waals surface area contributed by atoms with Crippen LogP contribution in [0.5, 0.6) is 0 Å². The van der Waals surface area contributed by atoms with Crippen molar-refractivity contribution >= 4 is 11.8 Å². The molecule has 32 heavy (non-hydrogen) atoms. The molecular weight excluding hydrogens is 402 g/mol. The van der Waals surface area contributed by atoms with Crippen molar-refractivity contribution < 1.29 is 14.7 Å². The smallest absolute Gasteiger partial charge is 0.254 e. The van der Waals surface area contributed by atoms with Gasteiger partial charge in [-0.15, -0.1) is 0 Å². The van der Waals surface area contributed by atoms with E-state index < -0.39 is 0 Å². The van der Waals surface area contributed by atoms with Gasteiger partial charge in [-0.3, -0.25) is 14.6 Å². The Labute approximate surface area is 187 Å². The average molecular weight is 428 g/mol. The molecule has 0 aliphatic carbocycles. The monoisotopic (exact) mass is 427 g/mol. The van der Waals surface area contributed by atoms with E-state index in [9.17, 15) is 14.7 Å². The molecule has 0 bridgehead atoms. The van der Waals surface area contributed by atoms with Crippen LogP contribution in [-0.4, -0.2) is 63.5 Å². The number of fused-ring (bicyclic) bond motifs is 1. The van der Waals surface area contributed by atoms with Gasteiger partial charge in [-0.2, -0.15) is 0 Å². The predicted octanol–water partition coefficient (Wildman–Crippen LogP) is 2.87. The lowest BCUT2D eigenvalue weighted by atomic mass is 9.73. The fourth-order valence-electron chi connectivity index (χ4n) is 4.98. The van der Waals surface area contributed by atoms with E-state index in [0.29, 0.717) is 12.1 Å². The molecule has 2 fully saturated rings. The number of pyridine rings is 1. The van der Waals surface area contributed by atoms with Crippen LogP contribution in [0.4, 0.5) is 0 Å². The molecule has 3 aromatic rings. The second-order valence-corrected chi connectivity index (χ2v) is 8.55. The number of rotatable bonds is 4. The maximum atomic E-state index is 12.9. The number of carbonyl (C=O) groups excluding carboxylic acids is 2. The Morgan fingerprint density at radius 2 is 1.62 bits per heavy atom. The van der Waals surface area contributed by atoms with Crippen molar-refractivity contribution in [2.24, 2.45) is 0 Å². The summed E-state index contributed by atoms with van der Waals surface area (Å²) in [4.78, 5) is 33.1. The molecule has 2 saturated heterocycles. The number of hydrogen-bond donors (Lipinski definition) is 1. The fourth-order valence-corrected chi connectivity index (χ4v) is 4.98. The van der Waals surface area contributed by atoms with Crippen LogP contribution < -0.4 is 0 Å². The molecule has 2 amide bonds. The first-order valence-electron chi connectivity index (χ1n) is 10.8. The zero-order chi connectivity index (χ0) is 22.2. The van der Waals surface area contributed by atoms with Crippen LogP contribution in [0.1, 0.15) is 27.4 Å². The molecule has 3 atom stereocenters. The van der Waals surface area contributed by atoms with Crippen molar-refractivity contribution in [2.75, 3.05) is 19.7 Å². The number of hydrogen-bond acceptors (Lipinski definition) is 4. The molecule has 0 spiro atoms. The predicted molar refractivity (Wildman–Crippen MR) is 121 cm³/mol. The van der Waals surface area contributed by atoms with E-state index >= 15 is 0 Å². The van der Waals surface area contributed by atoms with Crippen molar-refractivity contribution in [3.8, 4) is 11.1 Å². The molecule has 3 heterocycles. The van der Waals surface area contributed by atoms with Crippen LogP contribution in [0, 0.1) is 6.92 Å². The van der Waals surface area contributed by atoms with E-state index in [1.165, 1.54) is 5.56 Å². The normalized spacial score (nSPS) is 22.3. The lowest BCUT2D eigenvalue weighted by molar-refractivity contribution is -0.159. The minimum atomic E-state index is -0.254. The number of aromatic nitrogens is 1. The number of aryl methyl sites for hydroxylation is 1. The third-order valence-corrected chi connectivity index (χ3v) is 6.65. The van der Waals surface area contributed by atoms with Gasteiger partial charge in [0.05, 0.1) is 18.7 Å². The molecule has 2 aromatic carbocycles. The number of aliphatic hydroxyl groups excluding tert-OH is 1. The Kier molecular flexibility index (Phi) is 5.23. The summed E-state index contributed by atoms with van der Waals surface area (Å²) in [6.07, 6.45) is 3.16. The zero-order valence-corrected chi connectivity index (χ0v) is 17.9. The van der Waals surface area contributed by atoms with Crippen LogP contribution in [0.25, 0.3) is 11.1 Å². The molecule has 2 aliphatic heterocycles.